The number of aryl methyl sites for hydroxylation is 2. The topological polar surface area (TPSA) is 52.7 Å². The lowest BCUT2D eigenvalue weighted by Crippen LogP contribution is -2.47. The summed E-state index contributed by atoms with van der Waals surface area (Å²) in [6, 6.07) is 13.6. The maximum atomic E-state index is 13.0. The van der Waals surface area contributed by atoms with Crippen LogP contribution in [0.1, 0.15) is 23.6 Å². The van der Waals surface area contributed by atoms with Gasteiger partial charge in [-0.25, -0.2) is 0 Å². The van der Waals surface area contributed by atoms with Crippen molar-refractivity contribution in [2.45, 2.75) is 33.2 Å². The molecule has 5 nitrogen and oxygen atoms in total. The summed E-state index contributed by atoms with van der Waals surface area (Å²) in [5.74, 6) is -0.0845. The molecule has 0 unspecified atom stereocenters. The number of amides is 2. The molecular formula is C22H27N3O2. The number of benzene rings is 2. The van der Waals surface area contributed by atoms with E-state index in [1.165, 1.54) is 5.56 Å². The van der Waals surface area contributed by atoms with E-state index in [4.69, 9.17) is 0 Å². The number of carbonyl (C=O) groups is 2. The first-order valence-corrected chi connectivity index (χ1v) is 9.34. The number of nitrogens with zero attached hydrogens (tertiary/aromatic N) is 2. The van der Waals surface area contributed by atoms with Crippen molar-refractivity contribution in [2.75, 3.05) is 30.4 Å². The van der Waals surface area contributed by atoms with Crippen molar-refractivity contribution < 1.29 is 9.59 Å². The first kappa shape index (κ1) is 19.1. The Labute approximate surface area is 161 Å². The normalized spacial score (nSPS) is 14.2. The van der Waals surface area contributed by atoms with Crippen LogP contribution in [0.4, 0.5) is 11.4 Å². The fourth-order valence-corrected chi connectivity index (χ4v) is 3.54. The van der Waals surface area contributed by atoms with Crippen molar-refractivity contribution >= 4 is 23.2 Å². The number of fused-ring (bicyclic) bond motifs is 1. The van der Waals surface area contributed by atoms with Gasteiger partial charge >= 0.3 is 0 Å². The molecule has 1 atom stereocenters. The number of anilines is 2. The van der Waals surface area contributed by atoms with Gasteiger partial charge in [-0.3, -0.25) is 14.5 Å². The fraction of sp³-hybridized carbons (Fsp3) is 0.364. The zero-order valence-electron chi connectivity index (χ0n) is 16.5. The molecule has 0 radical (unpaired) electrons. The van der Waals surface area contributed by atoms with Gasteiger partial charge in [0.05, 0.1) is 12.6 Å². The minimum atomic E-state index is -0.375. The second-order valence-electron chi connectivity index (χ2n) is 7.27. The summed E-state index contributed by atoms with van der Waals surface area (Å²) < 4.78 is 0. The molecule has 0 bridgehead atoms. The van der Waals surface area contributed by atoms with Gasteiger partial charge in [-0.2, -0.15) is 0 Å². The Hall–Kier alpha value is -2.66. The summed E-state index contributed by atoms with van der Waals surface area (Å²) in [6.45, 7) is 6.67. The van der Waals surface area contributed by atoms with Crippen LogP contribution < -0.4 is 10.2 Å². The van der Waals surface area contributed by atoms with Crippen molar-refractivity contribution in [1.82, 2.24) is 4.90 Å². The van der Waals surface area contributed by atoms with E-state index >= 15 is 0 Å². The van der Waals surface area contributed by atoms with Crippen molar-refractivity contribution in [3.05, 3.63) is 59.2 Å². The van der Waals surface area contributed by atoms with Gasteiger partial charge in [0.1, 0.15) is 0 Å². The molecule has 0 fully saturated rings. The predicted molar refractivity (Wildman–Crippen MR) is 109 cm³/mol. The molecule has 3 rings (SSSR count). The maximum absolute atomic E-state index is 13.0. The molecule has 0 saturated carbocycles. The quantitative estimate of drug-likeness (QED) is 0.886. The molecule has 5 heteroatoms. The summed E-state index contributed by atoms with van der Waals surface area (Å²) in [4.78, 5) is 29.1. The van der Waals surface area contributed by atoms with Crippen LogP contribution in [0.25, 0.3) is 0 Å². The number of hydrogen-bond donors (Lipinski definition) is 1. The molecular weight excluding hydrogens is 338 g/mol. The number of carbonyl (C=O) groups excluding carboxylic acids is 2. The van der Waals surface area contributed by atoms with Crippen molar-refractivity contribution in [1.29, 1.82) is 0 Å². The van der Waals surface area contributed by atoms with Gasteiger partial charge in [-0.15, -0.1) is 0 Å². The van der Waals surface area contributed by atoms with Crippen molar-refractivity contribution in [3.8, 4) is 0 Å². The highest BCUT2D eigenvalue weighted by atomic mass is 16.2. The molecule has 142 valence electrons. The zero-order chi connectivity index (χ0) is 19.6. The highest BCUT2D eigenvalue weighted by molar-refractivity contribution is 5.99. The van der Waals surface area contributed by atoms with E-state index in [2.05, 4.69) is 11.4 Å². The molecule has 2 aromatic rings. The third-order valence-corrected chi connectivity index (χ3v) is 5.31. The van der Waals surface area contributed by atoms with Crippen LogP contribution in [-0.2, 0) is 16.0 Å². The Bertz CT molecular complexity index is 842. The number of rotatable bonds is 5. The van der Waals surface area contributed by atoms with Crippen LogP contribution in [0.5, 0.6) is 0 Å². The average Bonchev–Trinajstić information content (AvgIpc) is 3.07. The van der Waals surface area contributed by atoms with E-state index in [9.17, 15) is 9.59 Å². The van der Waals surface area contributed by atoms with E-state index in [0.717, 1.165) is 28.9 Å². The third kappa shape index (κ3) is 4.03. The third-order valence-electron chi connectivity index (χ3n) is 5.31. The summed E-state index contributed by atoms with van der Waals surface area (Å²) in [5, 5.41) is 2.98. The van der Waals surface area contributed by atoms with Crippen LogP contribution >= 0.6 is 0 Å². The smallest absolute Gasteiger partial charge is 0.244 e. The first-order valence-electron chi connectivity index (χ1n) is 9.34. The average molecular weight is 365 g/mol. The van der Waals surface area contributed by atoms with Crippen LogP contribution in [0.3, 0.4) is 0 Å². The second kappa shape index (κ2) is 7.92. The van der Waals surface area contributed by atoms with E-state index in [1.807, 2.05) is 69.1 Å². The minimum Gasteiger partial charge on any atom is -0.324 e. The lowest BCUT2D eigenvalue weighted by atomic mass is 10.1. The highest BCUT2D eigenvalue weighted by Gasteiger charge is 2.30. The lowest BCUT2D eigenvalue weighted by molar-refractivity contribution is -0.124. The van der Waals surface area contributed by atoms with Gasteiger partial charge in [0.2, 0.25) is 11.8 Å². The molecule has 1 heterocycles. The van der Waals surface area contributed by atoms with E-state index < -0.39 is 0 Å². The zero-order valence-corrected chi connectivity index (χ0v) is 16.5. The molecule has 1 N–H and O–H groups in total. The molecule has 0 aromatic heterocycles. The predicted octanol–water partition coefficient (Wildman–Crippen LogP) is 3.15. The van der Waals surface area contributed by atoms with E-state index in [0.29, 0.717) is 6.54 Å². The van der Waals surface area contributed by atoms with Gasteiger partial charge in [-0.05, 0) is 57.0 Å². The monoisotopic (exact) mass is 365 g/mol. The summed E-state index contributed by atoms with van der Waals surface area (Å²) in [6.07, 6.45) is 0.880. The fourth-order valence-electron chi connectivity index (χ4n) is 3.54. The molecule has 0 saturated heterocycles. The Kier molecular flexibility index (Phi) is 5.61. The van der Waals surface area contributed by atoms with Crippen molar-refractivity contribution in [2.24, 2.45) is 0 Å². The Morgan fingerprint density at radius 3 is 2.48 bits per heavy atom. The number of nitrogens with one attached hydrogen (secondary N) is 1. The SMILES string of the molecule is Cc1cccc(C)c1NC(=O)CN(C)[C@H](C)C(=O)N1CCc2ccccc21. The number of likely N-dealkylation sites (N-methyl/N-ethyl adjacent to an activating group) is 1. The molecule has 0 spiro atoms. The molecule has 1 aliphatic rings. The lowest BCUT2D eigenvalue weighted by Gasteiger charge is -2.28. The Morgan fingerprint density at radius 2 is 1.78 bits per heavy atom. The molecule has 27 heavy (non-hydrogen) atoms. The van der Waals surface area contributed by atoms with Gasteiger partial charge in [0.25, 0.3) is 0 Å². The van der Waals surface area contributed by atoms with Gasteiger partial charge in [-0.1, -0.05) is 36.4 Å². The standard InChI is InChI=1S/C22H27N3O2/c1-15-8-7-9-16(2)21(15)23-20(26)14-24(4)17(3)22(27)25-13-12-18-10-5-6-11-19(18)25/h5-11,17H,12-14H2,1-4H3,(H,23,26)/t17-/m1/s1. The minimum absolute atomic E-state index is 0.0299. The van der Waals surface area contributed by atoms with Crippen LogP contribution in [0.2, 0.25) is 0 Å². The molecule has 2 amide bonds. The summed E-state index contributed by atoms with van der Waals surface area (Å²) in [5.41, 5.74) is 5.10. The highest BCUT2D eigenvalue weighted by Crippen LogP contribution is 2.28. The number of hydrogen-bond acceptors (Lipinski definition) is 3. The summed E-state index contributed by atoms with van der Waals surface area (Å²) >= 11 is 0. The van der Waals surface area contributed by atoms with Crippen LogP contribution in [-0.4, -0.2) is 42.9 Å². The first-order chi connectivity index (χ1) is 12.9. The summed E-state index contributed by atoms with van der Waals surface area (Å²) in [7, 11) is 1.81. The Morgan fingerprint density at radius 1 is 1.11 bits per heavy atom. The number of para-hydroxylation sites is 2. The maximum Gasteiger partial charge on any atom is 0.244 e. The van der Waals surface area contributed by atoms with Gasteiger partial charge in [0, 0.05) is 17.9 Å². The molecule has 2 aromatic carbocycles. The van der Waals surface area contributed by atoms with Gasteiger partial charge in [0.15, 0.2) is 0 Å². The Balaban J connectivity index is 1.63. The largest absolute Gasteiger partial charge is 0.324 e. The molecule has 0 aliphatic carbocycles. The van der Waals surface area contributed by atoms with Crippen LogP contribution in [0, 0.1) is 13.8 Å². The molecule has 1 aliphatic heterocycles. The van der Waals surface area contributed by atoms with Gasteiger partial charge < -0.3 is 10.2 Å². The van der Waals surface area contributed by atoms with Crippen LogP contribution in [0.15, 0.2) is 42.5 Å². The van der Waals surface area contributed by atoms with Crippen molar-refractivity contribution in [3.63, 3.8) is 0 Å². The second-order valence-corrected chi connectivity index (χ2v) is 7.27. The van der Waals surface area contributed by atoms with E-state index in [1.54, 1.807) is 4.90 Å². The van der Waals surface area contributed by atoms with E-state index in [-0.39, 0.29) is 24.4 Å².